The van der Waals surface area contributed by atoms with Crippen LogP contribution in [0.1, 0.15) is 36.8 Å². The number of anilines is 5. The number of rotatable bonds is 10. The van der Waals surface area contributed by atoms with Gasteiger partial charge in [-0.25, -0.2) is 13.4 Å². The number of aromatic nitrogens is 2. The third-order valence-electron chi connectivity index (χ3n) is 7.98. The van der Waals surface area contributed by atoms with Crippen LogP contribution in [0.25, 0.3) is 0 Å². The van der Waals surface area contributed by atoms with Gasteiger partial charge in [0.05, 0.1) is 31.9 Å². The molecule has 1 aromatic heterocycles. The summed E-state index contributed by atoms with van der Waals surface area (Å²) >= 11 is 6.45. The Balaban J connectivity index is 1.35. The normalized spacial score (nSPS) is 16.5. The molecule has 0 spiro atoms. The summed E-state index contributed by atoms with van der Waals surface area (Å²) in [6.45, 7) is 6.64. The first-order valence-corrected chi connectivity index (χ1v) is 16.7. The van der Waals surface area contributed by atoms with Crippen LogP contribution in [0.15, 0.2) is 36.5 Å². The standard InChI is InChI=1S/C30H39ClN6O4S/c1-20-16-25(28(41-3)17-26(20)37-14-10-21(11-15-37)36-12-5-6-13-36)34-30-32-18-23(31)29(35-30)33-24-8-7-9-27(40-2)22(24)19-42(4,38)39/h7-9,16-18,21H,5-6,10-15,19H2,1-4H3,(H2,32,33,34,35). The molecule has 2 saturated heterocycles. The van der Waals surface area contributed by atoms with E-state index in [9.17, 15) is 8.42 Å². The zero-order chi connectivity index (χ0) is 29.9. The fourth-order valence-electron chi connectivity index (χ4n) is 5.91. The number of nitrogens with zero attached hydrogens (tertiary/aromatic N) is 4. The lowest BCUT2D eigenvalue weighted by atomic mass is 10.0. The summed E-state index contributed by atoms with van der Waals surface area (Å²) in [4.78, 5) is 14.1. The molecule has 0 amide bonds. The Morgan fingerprint density at radius 1 is 1.00 bits per heavy atom. The van der Waals surface area contributed by atoms with E-state index in [1.54, 1.807) is 25.3 Å². The van der Waals surface area contributed by atoms with Crippen LogP contribution in [0, 0.1) is 6.92 Å². The van der Waals surface area contributed by atoms with E-state index in [2.05, 4.69) is 49.5 Å². The summed E-state index contributed by atoms with van der Waals surface area (Å²) < 4.78 is 35.4. The lowest BCUT2D eigenvalue weighted by Crippen LogP contribution is -2.44. The van der Waals surface area contributed by atoms with Gasteiger partial charge in [-0.2, -0.15) is 4.98 Å². The number of sulfone groups is 1. The largest absolute Gasteiger partial charge is 0.496 e. The van der Waals surface area contributed by atoms with Gasteiger partial charge < -0.3 is 29.9 Å². The molecule has 226 valence electrons. The second-order valence-corrected chi connectivity index (χ2v) is 13.5. The van der Waals surface area contributed by atoms with Gasteiger partial charge in [0.2, 0.25) is 5.95 Å². The summed E-state index contributed by atoms with van der Waals surface area (Å²) in [7, 11) is -0.176. The van der Waals surface area contributed by atoms with E-state index in [-0.39, 0.29) is 10.8 Å². The molecule has 2 aliphatic heterocycles. The van der Waals surface area contributed by atoms with Gasteiger partial charge in [0, 0.05) is 48.4 Å². The molecular weight excluding hydrogens is 576 g/mol. The van der Waals surface area contributed by atoms with Crippen molar-refractivity contribution in [1.82, 2.24) is 14.9 Å². The van der Waals surface area contributed by atoms with E-state index in [0.29, 0.717) is 40.6 Å². The Labute approximate surface area is 253 Å². The van der Waals surface area contributed by atoms with E-state index < -0.39 is 9.84 Å². The zero-order valence-corrected chi connectivity index (χ0v) is 26.2. The van der Waals surface area contributed by atoms with Crippen molar-refractivity contribution in [2.24, 2.45) is 0 Å². The lowest BCUT2D eigenvalue weighted by molar-refractivity contribution is 0.208. The fraction of sp³-hybridized carbons (Fsp3) is 0.467. The summed E-state index contributed by atoms with van der Waals surface area (Å²) in [5, 5.41) is 6.73. The lowest BCUT2D eigenvalue weighted by Gasteiger charge is -2.38. The maximum absolute atomic E-state index is 12.1. The minimum absolute atomic E-state index is 0.202. The maximum Gasteiger partial charge on any atom is 0.229 e. The van der Waals surface area contributed by atoms with E-state index >= 15 is 0 Å². The van der Waals surface area contributed by atoms with Crippen LogP contribution >= 0.6 is 11.6 Å². The van der Waals surface area contributed by atoms with E-state index in [0.717, 1.165) is 24.3 Å². The smallest absolute Gasteiger partial charge is 0.229 e. The average Bonchev–Trinajstić information content (AvgIpc) is 3.50. The van der Waals surface area contributed by atoms with Gasteiger partial charge in [-0.05, 0) is 69.5 Å². The van der Waals surface area contributed by atoms with Crippen LogP contribution in [0.2, 0.25) is 5.02 Å². The van der Waals surface area contributed by atoms with Gasteiger partial charge >= 0.3 is 0 Å². The minimum atomic E-state index is -3.33. The average molecular weight is 615 g/mol. The first-order valence-electron chi connectivity index (χ1n) is 14.2. The number of hydrogen-bond acceptors (Lipinski definition) is 10. The fourth-order valence-corrected chi connectivity index (χ4v) is 6.87. The molecule has 0 unspecified atom stereocenters. The number of hydrogen-bond donors (Lipinski definition) is 2. The summed E-state index contributed by atoms with van der Waals surface area (Å²) in [5.74, 6) is 1.58. The number of aryl methyl sites for hydroxylation is 1. The molecule has 2 aromatic carbocycles. The van der Waals surface area contributed by atoms with Crippen molar-refractivity contribution >= 4 is 50.3 Å². The van der Waals surface area contributed by atoms with Crippen LogP contribution in [0.5, 0.6) is 11.5 Å². The third-order valence-corrected chi connectivity index (χ3v) is 9.07. The van der Waals surface area contributed by atoms with Crippen molar-refractivity contribution in [2.45, 2.75) is 44.4 Å². The molecule has 0 radical (unpaired) electrons. The Hall–Kier alpha value is -3.28. The molecule has 3 heterocycles. The van der Waals surface area contributed by atoms with Crippen molar-refractivity contribution in [3.8, 4) is 11.5 Å². The number of ether oxygens (including phenoxy) is 2. The van der Waals surface area contributed by atoms with Gasteiger partial charge in [-0.3, -0.25) is 0 Å². The van der Waals surface area contributed by atoms with Crippen molar-refractivity contribution in [3.05, 3.63) is 52.7 Å². The number of nitrogens with one attached hydrogen (secondary N) is 2. The number of piperidine rings is 1. The van der Waals surface area contributed by atoms with Gasteiger partial charge in [0.25, 0.3) is 0 Å². The molecule has 0 aliphatic carbocycles. The molecule has 3 aromatic rings. The summed E-state index contributed by atoms with van der Waals surface area (Å²) in [5.41, 5.74) is 4.06. The van der Waals surface area contributed by atoms with Crippen molar-refractivity contribution in [2.75, 3.05) is 62.2 Å². The SMILES string of the molecule is COc1cc(N2CCC(N3CCCC3)CC2)c(C)cc1Nc1ncc(Cl)c(Nc2cccc(OC)c2CS(C)(=O)=O)n1. The van der Waals surface area contributed by atoms with Crippen LogP contribution in [-0.4, -0.2) is 76.0 Å². The molecular formula is C30H39ClN6O4S. The number of likely N-dealkylation sites (tertiary alicyclic amines) is 1. The minimum Gasteiger partial charge on any atom is -0.496 e. The number of benzene rings is 2. The Bertz CT molecular complexity index is 1520. The number of methoxy groups -OCH3 is 2. The Kier molecular flexibility index (Phi) is 9.29. The second-order valence-electron chi connectivity index (χ2n) is 11.0. The van der Waals surface area contributed by atoms with Crippen molar-refractivity contribution < 1.29 is 17.9 Å². The van der Waals surface area contributed by atoms with Gasteiger partial charge in [0.15, 0.2) is 15.7 Å². The predicted molar refractivity (Wildman–Crippen MR) is 169 cm³/mol. The number of halogens is 1. The van der Waals surface area contributed by atoms with E-state index in [1.807, 2.05) is 0 Å². The van der Waals surface area contributed by atoms with Crippen LogP contribution in [0.3, 0.4) is 0 Å². The van der Waals surface area contributed by atoms with Crippen molar-refractivity contribution in [3.63, 3.8) is 0 Å². The zero-order valence-electron chi connectivity index (χ0n) is 24.6. The predicted octanol–water partition coefficient (Wildman–Crippen LogP) is 5.55. The molecule has 5 rings (SSSR count). The molecule has 10 nitrogen and oxygen atoms in total. The van der Waals surface area contributed by atoms with Crippen LogP contribution < -0.4 is 25.0 Å². The highest BCUT2D eigenvalue weighted by molar-refractivity contribution is 7.89. The Morgan fingerprint density at radius 2 is 1.71 bits per heavy atom. The first kappa shape index (κ1) is 30.2. The van der Waals surface area contributed by atoms with Gasteiger partial charge in [-0.15, -0.1) is 0 Å². The highest BCUT2D eigenvalue weighted by atomic mass is 35.5. The molecule has 2 aliphatic rings. The van der Waals surface area contributed by atoms with Gasteiger partial charge in [0.1, 0.15) is 16.5 Å². The molecule has 0 bridgehead atoms. The van der Waals surface area contributed by atoms with E-state index in [1.165, 1.54) is 64.0 Å². The van der Waals surface area contributed by atoms with E-state index in [4.69, 9.17) is 21.1 Å². The highest BCUT2D eigenvalue weighted by Gasteiger charge is 2.27. The quantitative estimate of drug-likeness (QED) is 0.302. The van der Waals surface area contributed by atoms with Crippen LogP contribution in [-0.2, 0) is 15.6 Å². The second kappa shape index (κ2) is 12.9. The molecule has 42 heavy (non-hydrogen) atoms. The van der Waals surface area contributed by atoms with Crippen LogP contribution in [0.4, 0.5) is 28.8 Å². The maximum atomic E-state index is 12.1. The molecule has 2 N–H and O–H groups in total. The topological polar surface area (TPSA) is 109 Å². The third kappa shape index (κ3) is 7.02. The van der Waals surface area contributed by atoms with Crippen molar-refractivity contribution in [1.29, 1.82) is 0 Å². The molecule has 12 heteroatoms. The molecule has 0 atom stereocenters. The Morgan fingerprint density at radius 3 is 2.38 bits per heavy atom. The molecule has 2 fully saturated rings. The highest BCUT2D eigenvalue weighted by Crippen LogP contribution is 2.37. The summed E-state index contributed by atoms with van der Waals surface area (Å²) in [6, 6.07) is 10.1. The summed E-state index contributed by atoms with van der Waals surface area (Å²) in [6.07, 6.45) is 7.68. The first-order chi connectivity index (χ1) is 20.1. The van der Waals surface area contributed by atoms with Gasteiger partial charge in [-0.1, -0.05) is 17.7 Å². The molecule has 0 saturated carbocycles. The monoisotopic (exact) mass is 614 g/mol.